The van der Waals surface area contributed by atoms with Crippen molar-refractivity contribution in [3.05, 3.63) is 82.4 Å². The summed E-state index contributed by atoms with van der Waals surface area (Å²) in [5, 5.41) is 9.34. The van der Waals surface area contributed by atoms with Gasteiger partial charge in [0, 0.05) is 35.1 Å². The van der Waals surface area contributed by atoms with E-state index in [9.17, 15) is 4.79 Å². The molecule has 4 aromatic rings. The lowest BCUT2D eigenvalue weighted by molar-refractivity contribution is 0.0711. The van der Waals surface area contributed by atoms with E-state index >= 15 is 0 Å². The molecule has 5 rings (SSSR count). The molecule has 0 N–H and O–H groups in total. The number of carbonyl (C=O) groups is 1. The Hall–Kier alpha value is -3.29. The zero-order valence-corrected chi connectivity index (χ0v) is 19.3. The minimum Gasteiger partial charge on any atom is -0.496 e. The molecule has 1 aliphatic carbocycles. The van der Waals surface area contributed by atoms with Crippen molar-refractivity contribution in [1.29, 1.82) is 0 Å². The Labute approximate surface area is 200 Å². The number of halogens is 2. The fourth-order valence-corrected chi connectivity index (χ4v) is 4.04. The lowest BCUT2D eigenvalue weighted by Crippen LogP contribution is -2.33. The number of aromatic nitrogens is 3. The zero-order valence-electron chi connectivity index (χ0n) is 17.7. The highest BCUT2D eigenvalue weighted by molar-refractivity contribution is 6.33. The van der Waals surface area contributed by atoms with Crippen molar-refractivity contribution in [2.75, 3.05) is 7.11 Å². The highest BCUT2D eigenvalue weighted by Gasteiger charge is 2.35. The van der Waals surface area contributed by atoms with E-state index in [2.05, 4.69) is 10.2 Å². The summed E-state index contributed by atoms with van der Waals surface area (Å²) < 4.78 is 13.3. The first-order valence-electron chi connectivity index (χ1n) is 10.4. The van der Waals surface area contributed by atoms with Gasteiger partial charge in [-0.15, -0.1) is 10.2 Å². The molecule has 2 aromatic heterocycles. The van der Waals surface area contributed by atoms with E-state index in [0.29, 0.717) is 33.1 Å². The average Bonchev–Trinajstić information content (AvgIpc) is 3.31. The van der Waals surface area contributed by atoms with Crippen LogP contribution in [0.3, 0.4) is 0 Å². The van der Waals surface area contributed by atoms with Crippen molar-refractivity contribution >= 4 is 29.1 Å². The molecule has 1 amide bonds. The molecule has 2 heterocycles. The summed E-state index contributed by atoms with van der Waals surface area (Å²) in [4.78, 5) is 15.3. The van der Waals surface area contributed by atoms with Crippen LogP contribution in [0.4, 0.5) is 0 Å². The molecule has 0 spiro atoms. The van der Waals surface area contributed by atoms with Crippen molar-refractivity contribution in [3.8, 4) is 22.9 Å². The van der Waals surface area contributed by atoms with Crippen LogP contribution in [0, 0.1) is 0 Å². The predicted molar refractivity (Wildman–Crippen MR) is 125 cm³/mol. The van der Waals surface area contributed by atoms with Gasteiger partial charge in [0.1, 0.15) is 5.75 Å². The Morgan fingerprint density at radius 2 is 1.88 bits per heavy atom. The number of rotatable bonds is 7. The van der Waals surface area contributed by atoms with E-state index < -0.39 is 0 Å². The van der Waals surface area contributed by atoms with Crippen molar-refractivity contribution in [2.24, 2.45) is 0 Å². The molecule has 0 aliphatic heterocycles. The summed E-state index contributed by atoms with van der Waals surface area (Å²) in [5.74, 6) is 0.989. The molecular weight excluding hydrogens is 463 g/mol. The van der Waals surface area contributed by atoms with Crippen LogP contribution in [0.2, 0.25) is 10.0 Å². The van der Waals surface area contributed by atoms with Gasteiger partial charge in [0.25, 0.3) is 5.91 Å². The van der Waals surface area contributed by atoms with Crippen LogP contribution in [0.1, 0.15) is 29.1 Å². The standard InChI is InChI=1S/C24H20Cl2N4O3/c1-32-21-13-20(29-10-2-3-11-29)19(26)12-18(21)24(31)30(17-8-9-17)14-22-27-28-23(33-22)15-4-6-16(25)7-5-15/h2-7,10-13,17H,8-9,14H2,1H3. The number of methoxy groups -OCH3 is 1. The van der Waals surface area contributed by atoms with E-state index in [4.69, 9.17) is 32.4 Å². The third kappa shape index (κ3) is 4.47. The number of carbonyl (C=O) groups excluding carboxylic acids is 1. The lowest BCUT2D eigenvalue weighted by atomic mass is 10.1. The first-order valence-corrected chi connectivity index (χ1v) is 11.2. The summed E-state index contributed by atoms with van der Waals surface area (Å²) in [5.41, 5.74) is 1.89. The number of benzene rings is 2. The van der Waals surface area contributed by atoms with Gasteiger partial charge >= 0.3 is 0 Å². The van der Waals surface area contributed by atoms with Crippen LogP contribution in [0.25, 0.3) is 17.1 Å². The van der Waals surface area contributed by atoms with E-state index in [1.165, 1.54) is 7.11 Å². The molecule has 0 unspecified atom stereocenters. The van der Waals surface area contributed by atoms with Crippen LogP contribution < -0.4 is 4.74 Å². The molecule has 1 fully saturated rings. The molecule has 1 saturated carbocycles. The Kier molecular flexibility index (Phi) is 5.83. The van der Waals surface area contributed by atoms with Gasteiger partial charge in [0.2, 0.25) is 11.8 Å². The van der Waals surface area contributed by atoms with E-state index in [1.54, 1.807) is 29.2 Å². The largest absolute Gasteiger partial charge is 0.496 e. The molecule has 1 aliphatic rings. The van der Waals surface area contributed by atoms with Gasteiger partial charge in [-0.25, -0.2) is 0 Å². The molecule has 33 heavy (non-hydrogen) atoms. The van der Waals surface area contributed by atoms with Gasteiger partial charge in [-0.2, -0.15) is 0 Å². The van der Waals surface area contributed by atoms with Crippen molar-refractivity contribution < 1.29 is 13.9 Å². The first-order chi connectivity index (χ1) is 16.0. The molecule has 0 saturated heterocycles. The van der Waals surface area contributed by atoms with Gasteiger partial charge in [-0.1, -0.05) is 23.2 Å². The number of amides is 1. The summed E-state index contributed by atoms with van der Waals surface area (Å²) in [6.07, 6.45) is 5.60. The molecule has 7 nitrogen and oxygen atoms in total. The summed E-state index contributed by atoms with van der Waals surface area (Å²) in [6, 6.07) is 14.5. The number of hydrogen-bond donors (Lipinski definition) is 0. The Balaban J connectivity index is 1.42. The second-order valence-corrected chi connectivity index (χ2v) is 8.61. The summed E-state index contributed by atoms with van der Waals surface area (Å²) >= 11 is 12.5. The van der Waals surface area contributed by atoms with Crippen LogP contribution >= 0.6 is 23.2 Å². The van der Waals surface area contributed by atoms with Gasteiger partial charge in [-0.05, 0) is 55.3 Å². The minimum atomic E-state index is -0.193. The van der Waals surface area contributed by atoms with Crippen molar-refractivity contribution in [3.63, 3.8) is 0 Å². The highest BCUT2D eigenvalue weighted by Crippen LogP contribution is 2.35. The Morgan fingerprint density at radius 1 is 1.15 bits per heavy atom. The monoisotopic (exact) mass is 482 g/mol. The minimum absolute atomic E-state index is 0.107. The Morgan fingerprint density at radius 3 is 2.55 bits per heavy atom. The van der Waals surface area contributed by atoms with Crippen LogP contribution in [0.15, 0.2) is 65.3 Å². The smallest absolute Gasteiger partial charge is 0.258 e. The molecule has 2 aromatic carbocycles. The second kappa shape index (κ2) is 8.92. The number of nitrogens with zero attached hydrogens (tertiary/aromatic N) is 4. The van der Waals surface area contributed by atoms with Gasteiger partial charge in [0.15, 0.2) is 0 Å². The van der Waals surface area contributed by atoms with Crippen LogP contribution in [-0.2, 0) is 6.54 Å². The quantitative estimate of drug-likeness (QED) is 0.340. The molecule has 0 bridgehead atoms. The van der Waals surface area contributed by atoms with Gasteiger partial charge < -0.3 is 18.6 Å². The maximum atomic E-state index is 13.6. The molecule has 0 radical (unpaired) electrons. The topological polar surface area (TPSA) is 73.4 Å². The van der Waals surface area contributed by atoms with Gasteiger partial charge in [-0.3, -0.25) is 4.79 Å². The fraction of sp³-hybridized carbons (Fsp3) is 0.208. The maximum absolute atomic E-state index is 13.6. The SMILES string of the molecule is COc1cc(-n2cccc2)c(Cl)cc1C(=O)N(Cc1nnc(-c2ccc(Cl)cc2)o1)C1CC1. The third-order valence-corrected chi connectivity index (χ3v) is 6.05. The molecule has 9 heteroatoms. The maximum Gasteiger partial charge on any atom is 0.258 e. The average molecular weight is 483 g/mol. The lowest BCUT2D eigenvalue weighted by Gasteiger charge is -2.22. The van der Waals surface area contributed by atoms with Crippen LogP contribution in [0.5, 0.6) is 5.75 Å². The van der Waals surface area contributed by atoms with E-state index in [1.807, 2.05) is 41.2 Å². The zero-order chi connectivity index (χ0) is 22.9. The van der Waals surface area contributed by atoms with Crippen LogP contribution in [-0.4, -0.2) is 38.7 Å². The number of hydrogen-bond acceptors (Lipinski definition) is 5. The molecule has 168 valence electrons. The predicted octanol–water partition coefficient (Wildman–Crippen LogP) is 5.65. The molecular formula is C24H20Cl2N4O3. The number of ether oxygens (including phenoxy) is 1. The van der Waals surface area contributed by atoms with E-state index in [0.717, 1.165) is 24.1 Å². The van der Waals surface area contributed by atoms with E-state index in [-0.39, 0.29) is 18.5 Å². The normalized spacial score (nSPS) is 13.2. The van der Waals surface area contributed by atoms with Crippen molar-refractivity contribution in [2.45, 2.75) is 25.4 Å². The summed E-state index contributed by atoms with van der Waals surface area (Å²) in [6.45, 7) is 0.199. The first kappa shape index (κ1) is 21.6. The third-order valence-electron chi connectivity index (χ3n) is 5.49. The fourth-order valence-electron chi connectivity index (χ4n) is 3.65. The van der Waals surface area contributed by atoms with Gasteiger partial charge in [0.05, 0.1) is 29.9 Å². The molecule has 0 atom stereocenters. The highest BCUT2D eigenvalue weighted by atomic mass is 35.5. The summed E-state index contributed by atoms with van der Waals surface area (Å²) in [7, 11) is 1.54. The second-order valence-electron chi connectivity index (χ2n) is 7.77. The Bertz CT molecular complexity index is 1280. The van der Waals surface area contributed by atoms with Crippen molar-refractivity contribution in [1.82, 2.24) is 19.7 Å².